The third-order valence-electron chi connectivity index (χ3n) is 5.62. The van der Waals surface area contributed by atoms with E-state index in [0.717, 1.165) is 17.7 Å². The van der Waals surface area contributed by atoms with Crippen LogP contribution in [0.2, 0.25) is 0 Å². The first-order valence-electron chi connectivity index (χ1n) is 10.7. The molecule has 1 aliphatic heterocycles. The maximum atomic E-state index is 13.4. The van der Waals surface area contributed by atoms with Gasteiger partial charge in [0.15, 0.2) is 0 Å². The molecule has 0 aromatic heterocycles. The smallest absolute Gasteiger partial charge is 0.298 e. The van der Waals surface area contributed by atoms with Crippen LogP contribution in [-0.2, 0) is 11.0 Å². The van der Waals surface area contributed by atoms with Gasteiger partial charge in [0.25, 0.3) is 5.91 Å². The average molecular weight is 487 g/mol. The van der Waals surface area contributed by atoms with Gasteiger partial charge in [-0.3, -0.25) is 9.69 Å². The molecule has 0 saturated heterocycles. The van der Waals surface area contributed by atoms with Crippen molar-refractivity contribution in [1.82, 2.24) is 0 Å². The Hall–Kier alpha value is -3.81. The topological polar surface area (TPSA) is 37.4 Å². The predicted molar refractivity (Wildman–Crippen MR) is 123 cm³/mol. The van der Waals surface area contributed by atoms with Crippen molar-refractivity contribution in [3.05, 3.63) is 113 Å². The second-order valence-corrected chi connectivity index (χ2v) is 8.01. The summed E-state index contributed by atoms with van der Waals surface area (Å²) in [6.45, 7) is 2.05. The molecular weight excluding hydrogens is 465 g/mol. The minimum absolute atomic E-state index is 0.106. The Kier molecular flexibility index (Phi) is 8.17. The van der Waals surface area contributed by atoms with E-state index in [1.54, 1.807) is 23.1 Å². The highest BCUT2D eigenvalue weighted by Gasteiger charge is 2.37. The van der Waals surface area contributed by atoms with Crippen LogP contribution in [0.25, 0.3) is 0 Å². The number of halogens is 5. The van der Waals surface area contributed by atoms with E-state index in [1.807, 2.05) is 61.5 Å². The monoisotopic (exact) mass is 487 g/mol. The zero-order chi connectivity index (χ0) is 25.6. The summed E-state index contributed by atoms with van der Waals surface area (Å²) < 4.78 is 59.3. The van der Waals surface area contributed by atoms with Crippen LogP contribution in [0.3, 0.4) is 0 Å². The van der Waals surface area contributed by atoms with E-state index in [4.69, 9.17) is 4.79 Å². The van der Waals surface area contributed by atoms with Gasteiger partial charge in [0.05, 0.1) is 11.6 Å². The molecule has 0 bridgehead atoms. The fourth-order valence-corrected chi connectivity index (χ4v) is 4.01. The maximum Gasteiger partial charge on any atom is 0.483 e. The second kappa shape index (κ2) is 11.1. The highest BCUT2D eigenvalue weighted by Crippen LogP contribution is 2.40. The third kappa shape index (κ3) is 6.62. The number of rotatable bonds is 5. The Morgan fingerprint density at radius 1 is 0.914 bits per heavy atom. The Balaban J connectivity index is 0.000000795. The van der Waals surface area contributed by atoms with Crippen LogP contribution >= 0.6 is 0 Å². The fraction of sp³-hybridized carbons (Fsp3) is 0.185. The first-order valence-corrected chi connectivity index (χ1v) is 10.7. The van der Waals surface area contributed by atoms with E-state index in [1.165, 1.54) is 6.07 Å². The highest BCUT2D eigenvalue weighted by atomic mass is 19.4. The molecule has 3 aromatic rings. The minimum atomic E-state index is -4.44. The van der Waals surface area contributed by atoms with Crippen LogP contribution in [0.15, 0.2) is 96.6 Å². The van der Waals surface area contributed by atoms with Gasteiger partial charge < -0.3 is 0 Å². The molecule has 4 rings (SSSR count). The standard InChI is InChI=1S/C26H22F3NO.CF2O/c1-18(19-9-4-2-5-10-19)15-21-17-24(20-11-8-12-22(16-20)26(27,28)29)30(25(21)31)23-13-6-3-7-14-23;2-1(3)4/h2-14,16-18,24H,15H2,1H3;/t18-,24-;/m0./s1. The molecular formula is C27H22F5NO2. The van der Waals surface area contributed by atoms with Crippen LogP contribution < -0.4 is 4.90 Å². The Morgan fingerprint density at radius 3 is 2.06 bits per heavy atom. The van der Waals surface area contributed by atoms with E-state index < -0.39 is 24.1 Å². The molecule has 1 amide bonds. The summed E-state index contributed by atoms with van der Waals surface area (Å²) in [5, 5.41) is 0. The Labute approximate surface area is 199 Å². The molecule has 0 saturated carbocycles. The first kappa shape index (κ1) is 25.8. The predicted octanol–water partition coefficient (Wildman–Crippen LogP) is 7.96. The average Bonchev–Trinajstić information content (AvgIpc) is 3.15. The summed E-state index contributed by atoms with van der Waals surface area (Å²) in [4.78, 5) is 23.1. The number of carbonyl (C=O) groups is 2. The number of carbonyl (C=O) groups excluding carboxylic acids is 2. The number of benzene rings is 3. The molecule has 182 valence electrons. The van der Waals surface area contributed by atoms with Gasteiger partial charge in [-0.15, -0.1) is 8.78 Å². The van der Waals surface area contributed by atoms with Crippen molar-refractivity contribution in [3.63, 3.8) is 0 Å². The van der Waals surface area contributed by atoms with Crippen LogP contribution in [0.1, 0.15) is 42.0 Å². The highest BCUT2D eigenvalue weighted by molar-refractivity contribution is 6.09. The molecule has 8 heteroatoms. The lowest BCUT2D eigenvalue weighted by Gasteiger charge is -2.26. The minimum Gasteiger partial charge on any atom is -0.298 e. The molecule has 35 heavy (non-hydrogen) atoms. The van der Waals surface area contributed by atoms with Crippen LogP contribution in [-0.4, -0.2) is 12.2 Å². The lowest BCUT2D eigenvalue weighted by atomic mass is 9.93. The number of alkyl halides is 3. The number of para-hydroxylation sites is 1. The molecule has 0 unspecified atom stereocenters. The summed E-state index contributed by atoms with van der Waals surface area (Å²) >= 11 is 0. The molecule has 0 spiro atoms. The van der Waals surface area contributed by atoms with Gasteiger partial charge in [-0.1, -0.05) is 67.6 Å². The van der Waals surface area contributed by atoms with E-state index in [2.05, 4.69) is 0 Å². The normalized spacial score (nSPS) is 16.3. The summed E-state index contributed by atoms with van der Waals surface area (Å²) in [6, 6.07) is 23.6. The van der Waals surface area contributed by atoms with Crippen molar-refractivity contribution in [2.24, 2.45) is 0 Å². The largest absolute Gasteiger partial charge is 0.483 e. The quantitative estimate of drug-likeness (QED) is 0.270. The lowest BCUT2D eigenvalue weighted by Crippen LogP contribution is -2.29. The number of hydrogen-bond donors (Lipinski definition) is 0. The van der Waals surface area contributed by atoms with Crippen molar-refractivity contribution >= 4 is 17.9 Å². The number of hydrogen-bond acceptors (Lipinski definition) is 2. The summed E-state index contributed by atoms with van der Waals surface area (Å²) in [7, 11) is 0. The van der Waals surface area contributed by atoms with E-state index in [-0.39, 0.29) is 11.8 Å². The second-order valence-electron chi connectivity index (χ2n) is 8.01. The number of amides is 1. The molecule has 3 nitrogen and oxygen atoms in total. The van der Waals surface area contributed by atoms with E-state index in [9.17, 15) is 26.7 Å². The zero-order valence-electron chi connectivity index (χ0n) is 18.7. The van der Waals surface area contributed by atoms with Crippen LogP contribution in [0, 0.1) is 0 Å². The molecule has 0 N–H and O–H groups in total. The molecule has 3 aromatic carbocycles. The van der Waals surface area contributed by atoms with Crippen molar-refractivity contribution in [1.29, 1.82) is 0 Å². The molecule has 1 heterocycles. The lowest BCUT2D eigenvalue weighted by molar-refractivity contribution is -0.137. The van der Waals surface area contributed by atoms with Gasteiger partial charge in [0.1, 0.15) is 0 Å². The van der Waals surface area contributed by atoms with Gasteiger partial charge in [0, 0.05) is 11.3 Å². The number of anilines is 1. The summed E-state index contributed by atoms with van der Waals surface area (Å²) in [5.74, 6) is -0.0642. The molecule has 0 aliphatic carbocycles. The van der Waals surface area contributed by atoms with Crippen molar-refractivity contribution < 1.29 is 31.5 Å². The molecule has 1 aliphatic rings. The molecule has 2 atom stereocenters. The van der Waals surface area contributed by atoms with Crippen LogP contribution in [0.4, 0.5) is 32.4 Å². The number of nitrogens with zero attached hydrogens (tertiary/aromatic N) is 1. The Bertz CT molecular complexity index is 1190. The molecule has 0 radical (unpaired) electrons. The van der Waals surface area contributed by atoms with Gasteiger partial charge >= 0.3 is 12.5 Å². The van der Waals surface area contributed by atoms with Gasteiger partial charge in [-0.2, -0.15) is 13.2 Å². The van der Waals surface area contributed by atoms with Crippen molar-refractivity contribution in [3.8, 4) is 0 Å². The fourth-order valence-electron chi connectivity index (χ4n) is 4.01. The summed E-state index contributed by atoms with van der Waals surface area (Å²) in [6.07, 6.45) is -4.95. The van der Waals surface area contributed by atoms with Gasteiger partial charge in [-0.25, -0.2) is 4.79 Å². The SMILES string of the molecule is C[C@@H](CC1=C[C@@H](c2cccc(C(F)(F)F)c2)N(c2ccccc2)C1=O)c1ccccc1.O=C(F)F. The van der Waals surface area contributed by atoms with Crippen molar-refractivity contribution in [2.75, 3.05) is 4.90 Å². The third-order valence-corrected chi connectivity index (χ3v) is 5.62. The van der Waals surface area contributed by atoms with Crippen molar-refractivity contribution in [2.45, 2.75) is 31.5 Å². The van der Waals surface area contributed by atoms with Gasteiger partial charge in [-0.05, 0) is 53.8 Å². The summed E-state index contributed by atoms with van der Waals surface area (Å²) in [5.41, 5.74) is 2.11. The molecule has 0 fully saturated rings. The van der Waals surface area contributed by atoms with Gasteiger partial charge in [0.2, 0.25) is 0 Å². The van der Waals surface area contributed by atoms with E-state index >= 15 is 0 Å². The van der Waals surface area contributed by atoms with Crippen LogP contribution in [0.5, 0.6) is 0 Å². The van der Waals surface area contributed by atoms with E-state index in [0.29, 0.717) is 23.2 Å². The maximum absolute atomic E-state index is 13.4. The first-order chi connectivity index (χ1) is 16.6. The Morgan fingerprint density at radius 2 is 1.49 bits per heavy atom. The zero-order valence-corrected chi connectivity index (χ0v) is 18.7.